The monoisotopic (exact) mass is 474 g/mol. The molecule has 0 radical (unpaired) electrons. The van der Waals surface area contributed by atoms with Crippen molar-refractivity contribution in [3.8, 4) is 5.75 Å². The first-order chi connectivity index (χ1) is 15.4. The van der Waals surface area contributed by atoms with E-state index in [2.05, 4.69) is 17.3 Å². The van der Waals surface area contributed by atoms with Crippen molar-refractivity contribution in [1.29, 1.82) is 0 Å². The maximum atomic E-state index is 13.4. The Morgan fingerprint density at radius 1 is 1.22 bits per heavy atom. The van der Waals surface area contributed by atoms with Gasteiger partial charge in [-0.1, -0.05) is 23.4 Å². The summed E-state index contributed by atoms with van der Waals surface area (Å²) >= 11 is 7.16. The first-order valence-corrected chi connectivity index (χ1v) is 11.6. The minimum atomic E-state index is -0.525. The Morgan fingerprint density at radius 3 is 2.59 bits per heavy atom. The Labute approximate surface area is 195 Å². The summed E-state index contributed by atoms with van der Waals surface area (Å²) in [6, 6.07) is 11.8. The number of carbonyl (C=O) groups is 1. The molecular weight excluding hydrogens is 451 g/mol. The second-order valence-corrected chi connectivity index (χ2v) is 9.23. The van der Waals surface area contributed by atoms with Crippen molar-refractivity contribution < 1.29 is 13.9 Å². The van der Waals surface area contributed by atoms with Gasteiger partial charge in [0.25, 0.3) is 0 Å². The van der Waals surface area contributed by atoms with Crippen molar-refractivity contribution in [2.75, 3.05) is 38.3 Å². The number of carbonyl (C=O) groups excluding carboxylic acids is 1. The molecule has 2 aliphatic rings. The summed E-state index contributed by atoms with van der Waals surface area (Å²) in [5.74, 6) is 0.172. The highest BCUT2D eigenvalue weighted by atomic mass is 35.5. The van der Waals surface area contributed by atoms with Crippen molar-refractivity contribution in [2.45, 2.75) is 18.5 Å². The van der Waals surface area contributed by atoms with Crippen LogP contribution in [0.25, 0.3) is 0 Å². The molecule has 1 saturated heterocycles. The maximum absolute atomic E-state index is 13.4. The number of likely N-dealkylation sites (tertiary alicyclic amines) is 1. The van der Waals surface area contributed by atoms with E-state index in [1.807, 2.05) is 24.3 Å². The molecule has 0 bridgehead atoms. The van der Waals surface area contributed by atoms with Crippen molar-refractivity contribution in [2.24, 2.45) is 9.98 Å². The zero-order chi connectivity index (χ0) is 22.7. The van der Waals surface area contributed by atoms with Gasteiger partial charge in [0.05, 0.1) is 23.6 Å². The van der Waals surface area contributed by atoms with Gasteiger partial charge in [-0.05, 0) is 49.5 Å². The molecule has 1 N–H and O–H groups in total. The zero-order valence-corrected chi connectivity index (χ0v) is 19.5. The minimum Gasteiger partial charge on any atom is -0.497 e. The highest BCUT2D eigenvalue weighted by Gasteiger charge is 2.39. The lowest BCUT2D eigenvalue weighted by Crippen LogP contribution is -2.39. The molecule has 0 aromatic heterocycles. The fourth-order valence-corrected chi connectivity index (χ4v) is 4.72. The van der Waals surface area contributed by atoms with Crippen molar-refractivity contribution in [3.05, 3.63) is 58.9 Å². The van der Waals surface area contributed by atoms with Crippen LogP contribution in [0.3, 0.4) is 0 Å². The molecule has 9 heteroatoms. The summed E-state index contributed by atoms with van der Waals surface area (Å²) in [5.41, 5.74) is 1.73. The number of methoxy groups -OCH3 is 1. The third-order valence-electron chi connectivity index (χ3n) is 5.53. The SMILES string of the molecule is COc1ccc(C2=NC3(CCN(C)CC3)N=C2SCC(=O)Nc2ccc(F)c(Cl)c2)cc1. The van der Waals surface area contributed by atoms with Gasteiger partial charge in [-0.3, -0.25) is 9.79 Å². The molecule has 6 nitrogen and oxygen atoms in total. The molecule has 168 valence electrons. The fourth-order valence-electron chi connectivity index (χ4n) is 3.67. The van der Waals surface area contributed by atoms with E-state index < -0.39 is 11.5 Å². The van der Waals surface area contributed by atoms with Crippen LogP contribution in [0.1, 0.15) is 18.4 Å². The number of aliphatic imine (C=N–C) groups is 2. The number of thioether (sulfide) groups is 1. The number of hydrogen-bond donors (Lipinski definition) is 1. The van der Waals surface area contributed by atoms with Gasteiger partial charge in [-0.25, -0.2) is 9.38 Å². The molecule has 2 aromatic carbocycles. The molecular formula is C23H24ClFN4O2S. The predicted molar refractivity (Wildman–Crippen MR) is 129 cm³/mol. The fraction of sp³-hybridized carbons (Fsp3) is 0.348. The summed E-state index contributed by atoms with van der Waals surface area (Å²) in [6.45, 7) is 1.85. The lowest BCUT2D eigenvalue weighted by Gasteiger charge is -2.33. The summed E-state index contributed by atoms with van der Waals surface area (Å²) in [4.78, 5) is 24.8. The van der Waals surface area contributed by atoms with Crippen LogP contribution >= 0.6 is 23.4 Å². The Morgan fingerprint density at radius 2 is 1.94 bits per heavy atom. The standard InChI is InChI=1S/C23H24ClFN4O2S/c1-29-11-9-23(10-12-29)27-21(15-3-6-17(31-2)7-4-15)22(28-23)32-14-20(30)26-16-5-8-19(25)18(24)13-16/h3-8,13H,9-12,14H2,1-2H3,(H,26,30). The van der Waals surface area contributed by atoms with E-state index >= 15 is 0 Å². The molecule has 0 saturated carbocycles. The molecule has 2 aromatic rings. The van der Waals surface area contributed by atoms with Crippen LogP contribution in [0.2, 0.25) is 5.02 Å². The molecule has 2 heterocycles. The second-order valence-electron chi connectivity index (χ2n) is 7.86. The van der Waals surface area contributed by atoms with Gasteiger partial charge in [-0.15, -0.1) is 0 Å². The highest BCUT2D eigenvalue weighted by molar-refractivity contribution is 8.16. The summed E-state index contributed by atoms with van der Waals surface area (Å²) < 4.78 is 18.6. The number of anilines is 1. The van der Waals surface area contributed by atoms with Crippen LogP contribution in [-0.2, 0) is 4.79 Å². The van der Waals surface area contributed by atoms with Gasteiger partial charge in [0.2, 0.25) is 5.91 Å². The number of piperidine rings is 1. The molecule has 1 fully saturated rings. The quantitative estimate of drug-likeness (QED) is 0.693. The Bertz CT molecular complexity index is 1070. The van der Waals surface area contributed by atoms with Gasteiger partial charge >= 0.3 is 0 Å². The third-order valence-corrected chi connectivity index (χ3v) is 6.78. The van der Waals surface area contributed by atoms with E-state index in [1.165, 1.54) is 30.0 Å². The predicted octanol–water partition coefficient (Wildman–Crippen LogP) is 4.48. The zero-order valence-electron chi connectivity index (χ0n) is 17.9. The van der Waals surface area contributed by atoms with E-state index in [-0.39, 0.29) is 16.7 Å². The Hall–Kier alpha value is -2.42. The molecule has 0 unspecified atom stereocenters. The van der Waals surface area contributed by atoms with E-state index in [4.69, 9.17) is 26.3 Å². The number of nitrogens with zero attached hydrogens (tertiary/aromatic N) is 3. The topological polar surface area (TPSA) is 66.3 Å². The lowest BCUT2D eigenvalue weighted by molar-refractivity contribution is -0.113. The number of benzene rings is 2. The largest absolute Gasteiger partial charge is 0.497 e. The minimum absolute atomic E-state index is 0.0336. The van der Waals surface area contributed by atoms with Crippen LogP contribution in [0.4, 0.5) is 10.1 Å². The average molecular weight is 475 g/mol. The maximum Gasteiger partial charge on any atom is 0.234 e. The summed E-state index contributed by atoms with van der Waals surface area (Å²) in [5, 5.41) is 3.47. The average Bonchev–Trinajstić information content (AvgIpc) is 3.15. The second kappa shape index (κ2) is 9.60. The lowest BCUT2D eigenvalue weighted by atomic mass is 9.99. The number of hydrogen-bond acceptors (Lipinski definition) is 6. The van der Waals surface area contributed by atoms with E-state index in [0.29, 0.717) is 5.69 Å². The molecule has 32 heavy (non-hydrogen) atoms. The van der Waals surface area contributed by atoms with Crippen molar-refractivity contribution >= 4 is 45.7 Å². The third kappa shape index (κ3) is 5.14. The Balaban J connectivity index is 1.50. The number of amides is 1. The molecule has 1 spiro atoms. The summed E-state index contributed by atoms with van der Waals surface area (Å²) in [6.07, 6.45) is 1.68. The molecule has 4 rings (SSSR count). The first kappa shape index (κ1) is 22.8. The van der Waals surface area contributed by atoms with Gasteiger partial charge in [0, 0.05) is 37.2 Å². The number of nitrogens with one attached hydrogen (secondary N) is 1. The smallest absolute Gasteiger partial charge is 0.234 e. The van der Waals surface area contributed by atoms with Crippen LogP contribution in [0.15, 0.2) is 52.4 Å². The van der Waals surface area contributed by atoms with Crippen LogP contribution in [0.5, 0.6) is 5.75 Å². The molecule has 2 aliphatic heterocycles. The van der Waals surface area contributed by atoms with Crippen molar-refractivity contribution in [3.63, 3.8) is 0 Å². The first-order valence-electron chi connectivity index (χ1n) is 10.3. The summed E-state index contributed by atoms with van der Waals surface area (Å²) in [7, 11) is 3.73. The number of halogens is 2. The molecule has 0 atom stereocenters. The van der Waals surface area contributed by atoms with Gasteiger partial charge in [0.15, 0.2) is 5.66 Å². The van der Waals surface area contributed by atoms with Crippen LogP contribution in [-0.4, -0.2) is 60.2 Å². The number of rotatable bonds is 5. The van der Waals surface area contributed by atoms with Gasteiger partial charge < -0.3 is 15.0 Å². The van der Waals surface area contributed by atoms with E-state index in [0.717, 1.165) is 48.0 Å². The molecule has 0 aliphatic carbocycles. The van der Waals surface area contributed by atoms with Gasteiger partial charge in [0.1, 0.15) is 16.6 Å². The van der Waals surface area contributed by atoms with Crippen LogP contribution < -0.4 is 10.1 Å². The van der Waals surface area contributed by atoms with Crippen LogP contribution in [0, 0.1) is 5.82 Å². The Kier molecular flexibility index (Phi) is 6.83. The van der Waals surface area contributed by atoms with Crippen molar-refractivity contribution in [1.82, 2.24) is 4.90 Å². The van der Waals surface area contributed by atoms with E-state index in [1.54, 1.807) is 7.11 Å². The number of ether oxygens (including phenoxy) is 1. The molecule has 1 amide bonds. The van der Waals surface area contributed by atoms with Gasteiger partial charge in [-0.2, -0.15) is 0 Å². The highest BCUT2D eigenvalue weighted by Crippen LogP contribution is 2.35. The van der Waals surface area contributed by atoms with E-state index in [9.17, 15) is 9.18 Å². The normalized spacial score (nSPS) is 17.8.